The first-order valence-electron chi connectivity index (χ1n) is 7.59. The first-order valence-corrected chi connectivity index (χ1v) is 7.59. The molecule has 0 aliphatic carbocycles. The van der Waals surface area contributed by atoms with Gasteiger partial charge in [-0.25, -0.2) is 9.97 Å². The second-order valence-corrected chi connectivity index (χ2v) is 5.59. The average molecular weight is 315 g/mol. The zero-order valence-electron chi connectivity index (χ0n) is 13.7. The Balaban J connectivity index is 1.69. The lowest BCUT2D eigenvalue weighted by atomic mass is 10.2. The Morgan fingerprint density at radius 2 is 2.04 bits per heavy atom. The molecule has 0 amide bonds. The van der Waals surface area contributed by atoms with Crippen molar-refractivity contribution in [2.45, 2.75) is 19.6 Å². The van der Waals surface area contributed by atoms with E-state index in [1.165, 1.54) is 0 Å². The maximum Gasteiger partial charge on any atom is 0.161 e. The van der Waals surface area contributed by atoms with E-state index in [0.29, 0.717) is 25.6 Å². The molecule has 23 heavy (non-hydrogen) atoms. The molecule has 6 nitrogen and oxygen atoms in total. The van der Waals surface area contributed by atoms with Gasteiger partial charge in [0.25, 0.3) is 0 Å². The van der Waals surface area contributed by atoms with E-state index >= 15 is 0 Å². The largest absolute Gasteiger partial charge is 0.486 e. The molecule has 3 rings (SSSR count). The Morgan fingerprint density at radius 1 is 1.26 bits per heavy atom. The quantitative estimate of drug-likeness (QED) is 0.843. The summed E-state index contributed by atoms with van der Waals surface area (Å²) in [7, 11) is 3.63. The van der Waals surface area contributed by atoms with Crippen molar-refractivity contribution in [3.63, 3.8) is 0 Å². The molecule has 0 N–H and O–H groups in total. The lowest BCUT2D eigenvalue weighted by Crippen LogP contribution is -2.39. The topological polar surface area (TPSA) is 56.7 Å². The summed E-state index contributed by atoms with van der Waals surface area (Å²) in [4.78, 5) is 10.9. The Kier molecular flexibility index (Phi) is 4.62. The van der Waals surface area contributed by atoms with E-state index in [9.17, 15) is 0 Å². The summed E-state index contributed by atoms with van der Waals surface area (Å²) < 4.78 is 16.9. The third-order valence-corrected chi connectivity index (χ3v) is 3.60. The predicted molar refractivity (Wildman–Crippen MR) is 87.1 cm³/mol. The highest BCUT2D eigenvalue weighted by atomic mass is 16.6. The molecule has 6 heteroatoms. The number of para-hydroxylation sites is 2. The molecule has 2 aromatic rings. The number of hydrogen-bond donors (Lipinski definition) is 0. The van der Waals surface area contributed by atoms with Crippen LogP contribution in [0.4, 0.5) is 5.82 Å². The van der Waals surface area contributed by atoms with Crippen molar-refractivity contribution in [3.05, 3.63) is 41.9 Å². The number of benzene rings is 1. The summed E-state index contributed by atoms with van der Waals surface area (Å²) in [6, 6.07) is 9.68. The molecule has 2 heterocycles. The van der Waals surface area contributed by atoms with Crippen molar-refractivity contribution in [2.75, 3.05) is 32.2 Å². The van der Waals surface area contributed by atoms with Crippen LogP contribution in [-0.4, -0.2) is 43.4 Å². The molecule has 0 saturated carbocycles. The number of likely N-dealkylation sites (N-methyl/N-ethyl adjacent to an activating group) is 1. The van der Waals surface area contributed by atoms with Crippen molar-refractivity contribution in [1.82, 2.24) is 9.97 Å². The van der Waals surface area contributed by atoms with Gasteiger partial charge in [-0.1, -0.05) is 12.1 Å². The maximum atomic E-state index is 6.00. The van der Waals surface area contributed by atoms with E-state index in [0.717, 1.165) is 23.0 Å². The molecule has 122 valence electrons. The number of ether oxygens (including phenoxy) is 3. The van der Waals surface area contributed by atoms with Gasteiger partial charge < -0.3 is 19.1 Å². The molecule has 0 radical (unpaired) electrons. The highest BCUT2D eigenvalue weighted by Crippen LogP contribution is 2.31. The molecule has 1 aliphatic heterocycles. The molecular formula is C17H21N3O3. The fourth-order valence-electron chi connectivity index (χ4n) is 2.55. The van der Waals surface area contributed by atoms with E-state index in [4.69, 9.17) is 14.2 Å². The summed E-state index contributed by atoms with van der Waals surface area (Å²) in [6.07, 6.45) is -0.0453. The second-order valence-electron chi connectivity index (χ2n) is 5.59. The van der Waals surface area contributed by atoms with E-state index in [1.807, 2.05) is 44.3 Å². The second kappa shape index (κ2) is 6.83. The molecule has 1 aromatic heterocycles. The van der Waals surface area contributed by atoms with Gasteiger partial charge in [-0.2, -0.15) is 0 Å². The number of anilines is 1. The van der Waals surface area contributed by atoms with E-state index in [1.54, 1.807) is 7.11 Å². The number of fused-ring (bicyclic) bond motifs is 1. The predicted octanol–water partition coefficient (Wildman–Crippen LogP) is 2.21. The smallest absolute Gasteiger partial charge is 0.161 e. The zero-order chi connectivity index (χ0) is 16.2. The van der Waals surface area contributed by atoms with Gasteiger partial charge in [-0.15, -0.1) is 0 Å². The van der Waals surface area contributed by atoms with Crippen LogP contribution in [0.5, 0.6) is 11.5 Å². The molecule has 0 fully saturated rings. The standard InChI is InChI=1S/C17H21N3O3/c1-12-8-17(19-16(18-12)11-21-3)20(2)9-13-10-22-14-6-4-5-7-15(14)23-13/h4-8,13H,9-11H2,1-3H3. The van der Waals surface area contributed by atoms with Gasteiger partial charge in [0, 0.05) is 25.9 Å². The SMILES string of the molecule is COCc1nc(C)cc(N(C)CC2COc3ccccc3O2)n1. The Morgan fingerprint density at radius 3 is 2.83 bits per heavy atom. The first-order chi connectivity index (χ1) is 11.2. The minimum Gasteiger partial charge on any atom is -0.486 e. The summed E-state index contributed by atoms with van der Waals surface area (Å²) in [5.74, 6) is 3.12. The molecular weight excluding hydrogens is 294 g/mol. The van der Waals surface area contributed by atoms with Crippen LogP contribution >= 0.6 is 0 Å². The fraction of sp³-hybridized carbons (Fsp3) is 0.412. The third-order valence-electron chi connectivity index (χ3n) is 3.60. The van der Waals surface area contributed by atoms with Crippen LogP contribution in [0.3, 0.4) is 0 Å². The van der Waals surface area contributed by atoms with Gasteiger partial charge in [0.15, 0.2) is 23.4 Å². The van der Waals surface area contributed by atoms with Crippen molar-refractivity contribution < 1.29 is 14.2 Å². The number of aryl methyl sites for hydroxylation is 1. The van der Waals surface area contributed by atoms with Gasteiger partial charge in [-0.3, -0.25) is 0 Å². The Labute approximate surface area is 136 Å². The number of hydrogen-bond acceptors (Lipinski definition) is 6. The monoisotopic (exact) mass is 315 g/mol. The van der Waals surface area contributed by atoms with E-state index < -0.39 is 0 Å². The first kappa shape index (κ1) is 15.6. The van der Waals surface area contributed by atoms with E-state index in [2.05, 4.69) is 14.9 Å². The summed E-state index contributed by atoms with van der Waals surface area (Å²) >= 11 is 0. The van der Waals surface area contributed by atoms with Crippen LogP contribution in [0.15, 0.2) is 30.3 Å². The zero-order valence-corrected chi connectivity index (χ0v) is 13.7. The lowest BCUT2D eigenvalue weighted by Gasteiger charge is -2.30. The highest BCUT2D eigenvalue weighted by Gasteiger charge is 2.22. The minimum absolute atomic E-state index is 0.0453. The maximum absolute atomic E-state index is 6.00. The molecule has 1 aliphatic rings. The number of rotatable bonds is 5. The summed E-state index contributed by atoms with van der Waals surface area (Å²) in [6.45, 7) is 3.56. The van der Waals surface area contributed by atoms with Gasteiger partial charge in [0.2, 0.25) is 0 Å². The highest BCUT2D eigenvalue weighted by molar-refractivity contribution is 5.42. The van der Waals surface area contributed by atoms with Gasteiger partial charge in [-0.05, 0) is 19.1 Å². The lowest BCUT2D eigenvalue weighted by molar-refractivity contribution is 0.0959. The normalized spacial score (nSPS) is 16.2. The summed E-state index contributed by atoms with van der Waals surface area (Å²) in [5, 5.41) is 0. The van der Waals surface area contributed by atoms with Crippen molar-refractivity contribution >= 4 is 5.82 Å². The number of nitrogens with zero attached hydrogens (tertiary/aromatic N) is 3. The molecule has 0 saturated heterocycles. The van der Waals surface area contributed by atoms with Crippen LogP contribution in [0, 0.1) is 6.92 Å². The van der Waals surface area contributed by atoms with Crippen LogP contribution in [-0.2, 0) is 11.3 Å². The van der Waals surface area contributed by atoms with Gasteiger partial charge >= 0.3 is 0 Å². The van der Waals surface area contributed by atoms with Crippen LogP contribution < -0.4 is 14.4 Å². The van der Waals surface area contributed by atoms with E-state index in [-0.39, 0.29) is 6.10 Å². The van der Waals surface area contributed by atoms with Crippen LogP contribution in [0.1, 0.15) is 11.5 Å². The van der Waals surface area contributed by atoms with Crippen molar-refractivity contribution in [2.24, 2.45) is 0 Å². The Bertz CT molecular complexity index is 678. The van der Waals surface area contributed by atoms with Gasteiger partial charge in [0.1, 0.15) is 19.0 Å². The molecule has 1 atom stereocenters. The molecule has 1 unspecified atom stereocenters. The van der Waals surface area contributed by atoms with Crippen molar-refractivity contribution in [3.8, 4) is 11.5 Å². The third kappa shape index (κ3) is 3.71. The van der Waals surface area contributed by atoms with Gasteiger partial charge in [0.05, 0.1) is 6.54 Å². The fourth-order valence-corrected chi connectivity index (χ4v) is 2.55. The number of aromatic nitrogens is 2. The number of methoxy groups -OCH3 is 1. The minimum atomic E-state index is -0.0453. The van der Waals surface area contributed by atoms with Crippen LogP contribution in [0.25, 0.3) is 0 Å². The Hall–Kier alpha value is -2.34. The molecule has 0 bridgehead atoms. The molecule has 0 spiro atoms. The molecule has 1 aromatic carbocycles. The summed E-state index contributed by atoms with van der Waals surface area (Å²) in [5.41, 5.74) is 0.917. The van der Waals surface area contributed by atoms with Crippen LogP contribution in [0.2, 0.25) is 0 Å². The van der Waals surface area contributed by atoms with Crippen molar-refractivity contribution in [1.29, 1.82) is 0 Å². The average Bonchev–Trinajstić information content (AvgIpc) is 2.54.